The standard InChI is InChI=1S/C42H58O4/c1-3-5-7-9-11-13-15-17-19-21-23-33-25-27-37(45-33)39-35-29-31-44-42(35)40(36-30-32-43-41(36)39)38-28-26-34(46-38)24-22-20-18-16-14-12-10-8-6-4-2/h25-32H,3-24H2,1-2H3. The van der Waals surface area contributed by atoms with Gasteiger partial charge in [0.1, 0.15) is 34.2 Å². The van der Waals surface area contributed by atoms with E-state index >= 15 is 0 Å². The minimum Gasteiger partial charge on any atom is -0.464 e. The fraction of sp³-hybridized carbons (Fsp3) is 0.571. The Morgan fingerprint density at radius 1 is 0.391 bits per heavy atom. The van der Waals surface area contributed by atoms with Crippen LogP contribution in [0.2, 0.25) is 0 Å². The zero-order valence-corrected chi connectivity index (χ0v) is 28.8. The Bertz CT molecular complexity index is 1380. The molecule has 4 nitrogen and oxygen atoms in total. The number of benzene rings is 1. The van der Waals surface area contributed by atoms with Gasteiger partial charge in [-0.05, 0) is 49.2 Å². The Morgan fingerprint density at radius 3 is 1.11 bits per heavy atom. The lowest BCUT2D eigenvalue weighted by molar-refractivity contribution is 0.498. The molecule has 4 aromatic heterocycles. The van der Waals surface area contributed by atoms with Crippen LogP contribution in [0, 0.1) is 0 Å². The van der Waals surface area contributed by atoms with Gasteiger partial charge in [-0.1, -0.05) is 129 Å². The molecule has 5 rings (SSSR count). The Labute approximate surface area is 277 Å². The van der Waals surface area contributed by atoms with Crippen molar-refractivity contribution in [2.45, 2.75) is 155 Å². The van der Waals surface area contributed by atoms with Crippen molar-refractivity contribution in [3.8, 4) is 22.6 Å². The van der Waals surface area contributed by atoms with Crippen LogP contribution in [0.3, 0.4) is 0 Å². The molecule has 0 spiro atoms. The van der Waals surface area contributed by atoms with Gasteiger partial charge >= 0.3 is 0 Å². The quantitative estimate of drug-likeness (QED) is 0.0639. The average Bonchev–Trinajstić information content (AvgIpc) is 3.90. The van der Waals surface area contributed by atoms with Gasteiger partial charge in [0.05, 0.1) is 23.7 Å². The first kappa shape index (κ1) is 34.2. The third kappa shape index (κ3) is 9.46. The molecule has 0 saturated heterocycles. The summed E-state index contributed by atoms with van der Waals surface area (Å²) in [6, 6.07) is 12.5. The van der Waals surface area contributed by atoms with Gasteiger partial charge in [-0.25, -0.2) is 0 Å². The van der Waals surface area contributed by atoms with E-state index in [2.05, 4.69) is 38.1 Å². The normalized spacial score (nSPS) is 11.9. The highest BCUT2D eigenvalue weighted by molar-refractivity contribution is 6.17. The largest absolute Gasteiger partial charge is 0.464 e. The topological polar surface area (TPSA) is 52.6 Å². The summed E-state index contributed by atoms with van der Waals surface area (Å²) < 4.78 is 25.1. The van der Waals surface area contributed by atoms with E-state index in [4.69, 9.17) is 17.7 Å². The van der Waals surface area contributed by atoms with E-state index in [9.17, 15) is 0 Å². The molecule has 4 heteroatoms. The van der Waals surface area contributed by atoms with Crippen LogP contribution < -0.4 is 0 Å². The van der Waals surface area contributed by atoms with Crippen molar-refractivity contribution in [3.63, 3.8) is 0 Å². The van der Waals surface area contributed by atoms with Crippen LogP contribution >= 0.6 is 0 Å². The van der Waals surface area contributed by atoms with E-state index in [1.807, 2.05) is 12.1 Å². The Hall–Kier alpha value is -3.14. The first-order valence-corrected chi connectivity index (χ1v) is 18.9. The lowest BCUT2D eigenvalue weighted by Gasteiger charge is -2.07. The number of fused-ring (bicyclic) bond motifs is 2. The highest BCUT2D eigenvalue weighted by Gasteiger charge is 2.24. The van der Waals surface area contributed by atoms with Gasteiger partial charge in [0, 0.05) is 23.6 Å². The zero-order valence-electron chi connectivity index (χ0n) is 28.8. The fourth-order valence-electron chi connectivity index (χ4n) is 7.00. The highest BCUT2D eigenvalue weighted by Crippen LogP contribution is 2.45. The van der Waals surface area contributed by atoms with E-state index in [1.54, 1.807) is 12.5 Å². The SMILES string of the molecule is CCCCCCCCCCCCc1ccc(-c2c3ccoc3c(-c3ccc(CCCCCCCCCCCC)o3)c3ccoc23)o1. The molecule has 46 heavy (non-hydrogen) atoms. The lowest BCUT2D eigenvalue weighted by atomic mass is 9.98. The maximum absolute atomic E-state index is 6.43. The van der Waals surface area contributed by atoms with E-state index in [1.165, 1.54) is 128 Å². The van der Waals surface area contributed by atoms with Crippen LogP contribution in [0.4, 0.5) is 0 Å². The second kappa shape index (κ2) is 18.9. The maximum atomic E-state index is 6.43. The molecular formula is C42H58O4. The van der Waals surface area contributed by atoms with Crippen molar-refractivity contribution in [2.24, 2.45) is 0 Å². The third-order valence-electron chi connectivity index (χ3n) is 9.69. The Kier molecular flexibility index (Phi) is 14.0. The maximum Gasteiger partial charge on any atom is 0.146 e. The number of hydrogen-bond acceptors (Lipinski definition) is 4. The van der Waals surface area contributed by atoms with Gasteiger partial charge in [-0.15, -0.1) is 0 Å². The van der Waals surface area contributed by atoms with Gasteiger partial charge in [-0.3, -0.25) is 0 Å². The van der Waals surface area contributed by atoms with Crippen molar-refractivity contribution < 1.29 is 17.7 Å². The molecule has 1 aromatic carbocycles. The molecule has 0 atom stereocenters. The fourth-order valence-corrected chi connectivity index (χ4v) is 7.00. The smallest absolute Gasteiger partial charge is 0.146 e. The predicted molar refractivity (Wildman–Crippen MR) is 192 cm³/mol. The summed E-state index contributed by atoms with van der Waals surface area (Å²) in [5.41, 5.74) is 3.55. The van der Waals surface area contributed by atoms with Crippen LogP contribution in [0.15, 0.2) is 66.6 Å². The summed E-state index contributed by atoms with van der Waals surface area (Å²) >= 11 is 0. The molecule has 250 valence electrons. The molecule has 0 fully saturated rings. The second-order valence-corrected chi connectivity index (χ2v) is 13.5. The molecule has 0 radical (unpaired) electrons. The molecule has 0 aliphatic heterocycles. The summed E-state index contributed by atoms with van der Waals surface area (Å²) in [7, 11) is 0. The number of unbranched alkanes of at least 4 members (excludes halogenated alkanes) is 18. The van der Waals surface area contributed by atoms with E-state index in [0.717, 1.165) is 68.9 Å². The summed E-state index contributed by atoms with van der Waals surface area (Å²) in [5.74, 6) is 3.75. The van der Waals surface area contributed by atoms with Crippen molar-refractivity contribution in [2.75, 3.05) is 0 Å². The van der Waals surface area contributed by atoms with Gasteiger partial charge in [-0.2, -0.15) is 0 Å². The first-order chi connectivity index (χ1) is 22.8. The first-order valence-electron chi connectivity index (χ1n) is 18.9. The number of furan rings is 4. The average molecular weight is 627 g/mol. The summed E-state index contributed by atoms with van der Waals surface area (Å²) in [6.45, 7) is 4.56. The van der Waals surface area contributed by atoms with Crippen molar-refractivity contribution in [3.05, 3.63) is 60.4 Å². The van der Waals surface area contributed by atoms with Crippen LogP contribution in [-0.2, 0) is 12.8 Å². The molecule has 4 heterocycles. The summed E-state index contributed by atoms with van der Waals surface area (Å²) in [5, 5.41) is 1.98. The molecule has 0 N–H and O–H groups in total. The number of rotatable bonds is 24. The molecule has 0 amide bonds. The highest BCUT2D eigenvalue weighted by atomic mass is 16.4. The monoisotopic (exact) mass is 626 g/mol. The van der Waals surface area contributed by atoms with Crippen molar-refractivity contribution >= 4 is 21.9 Å². The summed E-state index contributed by atoms with van der Waals surface area (Å²) in [4.78, 5) is 0. The molecule has 0 aliphatic rings. The minimum atomic E-state index is 0.816. The van der Waals surface area contributed by atoms with E-state index < -0.39 is 0 Å². The molecule has 0 unspecified atom stereocenters. The van der Waals surface area contributed by atoms with Gasteiger partial charge in [0.2, 0.25) is 0 Å². The number of hydrogen-bond donors (Lipinski definition) is 0. The van der Waals surface area contributed by atoms with Crippen molar-refractivity contribution in [1.82, 2.24) is 0 Å². The van der Waals surface area contributed by atoms with Crippen LogP contribution in [0.5, 0.6) is 0 Å². The summed E-state index contributed by atoms with van der Waals surface area (Å²) in [6.07, 6.45) is 32.2. The molecular weight excluding hydrogens is 568 g/mol. The van der Waals surface area contributed by atoms with Crippen molar-refractivity contribution in [1.29, 1.82) is 0 Å². The molecule has 0 aliphatic carbocycles. The van der Waals surface area contributed by atoms with Gasteiger partial charge in [0.25, 0.3) is 0 Å². The zero-order chi connectivity index (χ0) is 31.8. The van der Waals surface area contributed by atoms with Crippen LogP contribution in [-0.4, -0.2) is 0 Å². The molecule has 0 bridgehead atoms. The Balaban J connectivity index is 1.16. The molecule has 0 saturated carbocycles. The van der Waals surface area contributed by atoms with Crippen LogP contribution in [0.1, 0.15) is 154 Å². The predicted octanol–water partition coefficient (Wildman–Crippen LogP) is 14.6. The Morgan fingerprint density at radius 2 is 0.739 bits per heavy atom. The van der Waals surface area contributed by atoms with E-state index in [-0.39, 0.29) is 0 Å². The lowest BCUT2D eigenvalue weighted by Crippen LogP contribution is -1.86. The molecule has 5 aromatic rings. The van der Waals surface area contributed by atoms with E-state index in [0.29, 0.717) is 0 Å². The van der Waals surface area contributed by atoms with Gasteiger partial charge in [0.15, 0.2) is 0 Å². The minimum absolute atomic E-state index is 0.816. The second-order valence-electron chi connectivity index (χ2n) is 13.5. The van der Waals surface area contributed by atoms with Crippen LogP contribution in [0.25, 0.3) is 44.6 Å². The van der Waals surface area contributed by atoms with Gasteiger partial charge < -0.3 is 17.7 Å². The third-order valence-corrected chi connectivity index (χ3v) is 9.69. The number of aryl methyl sites for hydroxylation is 2.